The Balaban J connectivity index is 2.05. The monoisotopic (exact) mass is 349 g/mol. The molecule has 4 heteroatoms. The Morgan fingerprint density at radius 2 is 2.14 bits per heavy atom. The molecule has 0 saturated heterocycles. The van der Waals surface area contributed by atoms with Gasteiger partial charge in [-0.25, -0.2) is 4.79 Å². The number of methoxy groups -OCH3 is 1. The van der Waals surface area contributed by atoms with Crippen molar-refractivity contribution in [2.45, 2.75) is 20.3 Å². The number of hydrogen-bond donors (Lipinski definition) is 0. The summed E-state index contributed by atoms with van der Waals surface area (Å²) in [6, 6.07) is 6.43. The lowest BCUT2D eigenvalue weighted by atomic mass is 10.1. The van der Waals surface area contributed by atoms with Crippen molar-refractivity contribution in [1.82, 2.24) is 0 Å². The van der Waals surface area contributed by atoms with E-state index in [1.165, 1.54) is 23.9 Å². The number of benzene rings is 1. The van der Waals surface area contributed by atoms with Crippen LogP contribution in [0.1, 0.15) is 19.4 Å². The molecule has 1 aliphatic heterocycles. The Morgan fingerprint density at radius 3 is 2.86 bits per heavy atom. The highest BCUT2D eigenvalue weighted by Gasteiger charge is 2.18. The molecule has 2 rings (SSSR count). The lowest BCUT2D eigenvalue weighted by molar-refractivity contribution is -0.136. The van der Waals surface area contributed by atoms with Crippen LogP contribution in [0.4, 0.5) is 5.69 Å². The molecule has 112 valence electrons. The third kappa shape index (κ3) is 3.97. The quantitative estimate of drug-likeness (QED) is 0.469. The first-order valence-electron chi connectivity index (χ1n) is 6.97. The maximum absolute atomic E-state index is 11.3. The zero-order valence-electron chi connectivity index (χ0n) is 12.6. The standard InChI is InChI=1S/C17H20BrNO2/c1-12(4-5-13(2)17(20)21-3)11-19-9-8-14-10-15(18)6-7-16(14)19/h4-7,10H,8-9,11H2,1-3H3. The summed E-state index contributed by atoms with van der Waals surface area (Å²) in [6.45, 7) is 5.76. The molecule has 0 amide bonds. The van der Waals surface area contributed by atoms with E-state index >= 15 is 0 Å². The van der Waals surface area contributed by atoms with Crippen LogP contribution >= 0.6 is 15.9 Å². The maximum Gasteiger partial charge on any atom is 0.333 e. The molecule has 0 spiro atoms. The van der Waals surface area contributed by atoms with Crippen LogP contribution in [0.2, 0.25) is 0 Å². The van der Waals surface area contributed by atoms with Crippen molar-refractivity contribution in [2.75, 3.05) is 25.1 Å². The number of fused-ring (bicyclic) bond motifs is 1. The summed E-state index contributed by atoms with van der Waals surface area (Å²) in [5.41, 5.74) is 4.52. The Kier molecular flexibility index (Phi) is 5.23. The lowest BCUT2D eigenvalue weighted by Crippen LogP contribution is -2.22. The minimum atomic E-state index is -0.282. The summed E-state index contributed by atoms with van der Waals surface area (Å²) >= 11 is 3.52. The van der Waals surface area contributed by atoms with Crippen molar-refractivity contribution < 1.29 is 9.53 Å². The van der Waals surface area contributed by atoms with Crippen molar-refractivity contribution in [1.29, 1.82) is 0 Å². The number of hydrogen-bond acceptors (Lipinski definition) is 3. The van der Waals surface area contributed by atoms with Crippen molar-refractivity contribution in [3.63, 3.8) is 0 Å². The molecule has 1 aliphatic rings. The molecule has 0 unspecified atom stereocenters. The minimum Gasteiger partial charge on any atom is -0.466 e. The Labute approximate surface area is 134 Å². The first-order chi connectivity index (χ1) is 10.0. The van der Waals surface area contributed by atoms with Crippen LogP contribution < -0.4 is 4.90 Å². The predicted octanol–water partition coefficient (Wildman–Crippen LogP) is 3.88. The van der Waals surface area contributed by atoms with Gasteiger partial charge in [-0.15, -0.1) is 0 Å². The van der Waals surface area contributed by atoms with E-state index in [4.69, 9.17) is 0 Å². The number of ether oxygens (including phenoxy) is 1. The van der Waals surface area contributed by atoms with Crippen LogP contribution in [0.3, 0.4) is 0 Å². The SMILES string of the molecule is COC(=O)C(C)=CC=C(C)CN1CCc2cc(Br)ccc21. The zero-order valence-corrected chi connectivity index (χ0v) is 14.2. The second kappa shape index (κ2) is 6.94. The number of carbonyl (C=O) groups excluding carboxylic acids is 1. The highest BCUT2D eigenvalue weighted by Crippen LogP contribution is 2.30. The van der Waals surface area contributed by atoms with Gasteiger partial charge in [-0.2, -0.15) is 0 Å². The van der Waals surface area contributed by atoms with Gasteiger partial charge in [-0.3, -0.25) is 0 Å². The Morgan fingerprint density at radius 1 is 1.38 bits per heavy atom. The fourth-order valence-electron chi connectivity index (χ4n) is 2.45. The normalized spacial score (nSPS) is 15.1. The van der Waals surface area contributed by atoms with E-state index in [9.17, 15) is 4.79 Å². The largest absolute Gasteiger partial charge is 0.466 e. The molecule has 0 radical (unpaired) electrons. The molecule has 3 nitrogen and oxygen atoms in total. The van der Waals surface area contributed by atoms with Gasteiger partial charge in [0.2, 0.25) is 0 Å². The molecule has 1 aromatic carbocycles. The van der Waals surface area contributed by atoms with Crippen LogP contribution in [-0.2, 0) is 16.0 Å². The van der Waals surface area contributed by atoms with E-state index in [1.807, 2.05) is 12.2 Å². The summed E-state index contributed by atoms with van der Waals surface area (Å²) in [6.07, 6.45) is 4.89. The molecule has 1 heterocycles. The first kappa shape index (κ1) is 15.8. The highest BCUT2D eigenvalue weighted by atomic mass is 79.9. The molecule has 0 fully saturated rings. The van der Waals surface area contributed by atoms with Gasteiger partial charge >= 0.3 is 5.97 Å². The van der Waals surface area contributed by atoms with E-state index in [1.54, 1.807) is 6.92 Å². The predicted molar refractivity (Wildman–Crippen MR) is 89.6 cm³/mol. The molecule has 0 aromatic heterocycles. The third-order valence-corrected chi connectivity index (χ3v) is 4.09. The molecule has 0 saturated carbocycles. The second-order valence-electron chi connectivity index (χ2n) is 5.30. The van der Waals surface area contributed by atoms with E-state index in [2.05, 4.69) is 50.7 Å². The first-order valence-corrected chi connectivity index (χ1v) is 7.76. The molecule has 0 N–H and O–H groups in total. The summed E-state index contributed by atoms with van der Waals surface area (Å²) in [4.78, 5) is 13.7. The number of rotatable bonds is 4. The van der Waals surface area contributed by atoms with E-state index < -0.39 is 0 Å². The molecule has 1 aromatic rings. The van der Waals surface area contributed by atoms with Crippen molar-refractivity contribution in [3.8, 4) is 0 Å². The van der Waals surface area contributed by atoms with E-state index in [-0.39, 0.29) is 5.97 Å². The van der Waals surface area contributed by atoms with Gasteiger partial charge in [-0.1, -0.05) is 33.7 Å². The maximum atomic E-state index is 11.3. The van der Waals surface area contributed by atoms with Gasteiger partial charge in [0.05, 0.1) is 7.11 Å². The van der Waals surface area contributed by atoms with E-state index in [0.29, 0.717) is 5.57 Å². The van der Waals surface area contributed by atoms with Crippen LogP contribution in [0, 0.1) is 0 Å². The summed E-state index contributed by atoms with van der Waals surface area (Å²) in [5, 5.41) is 0. The molecule has 0 bridgehead atoms. The van der Waals surface area contributed by atoms with Gasteiger partial charge in [0.15, 0.2) is 0 Å². The fraction of sp³-hybridized carbons (Fsp3) is 0.353. The van der Waals surface area contributed by atoms with Crippen LogP contribution in [0.5, 0.6) is 0 Å². The Hall–Kier alpha value is -1.55. The number of carbonyl (C=O) groups is 1. The number of nitrogens with zero attached hydrogens (tertiary/aromatic N) is 1. The average molecular weight is 350 g/mol. The van der Waals surface area contributed by atoms with Crippen molar-refractivity contribution in [2.24, 2.45) is 0 Å². The fourth-order valence-corrected chi connectivity index (χ4v) is 2.86. The molecule has 0 atom stereocenters. The second-order valence-corrected chi connectivity index (χ2v) is 6.21. The summed E-state index contributed by atoms with van der Waals surface area (Å²) in [5.74, 6) is -0.282. The number of allylic oxidation sites excluding steroid dienone is 2. The van der Waals surface area contributed by atoms with Crippen LogP contribution in [0.15, 0.2) is 46.0 Å². The summed E-state index contributed by atoms with van der Waals surface area (Å²) < 4.78 is 5.82. The van der Waals surface area contributed by atoms with Gasteiger partial charge < -0.3 is 9.64 Å². The Bertz CT molecular complexity index is 605. The molecular formula is C17H20BrNO2. The van der Waals surface area contributed by atoms with Crippen LogP contribution in [0.25, 0.3) is 0 Å². The highest BCUT2D eigenvalue weighted by molar-refractivity contribution is 9.10. The number of anilines is 1. The molecule has 0 aliphatic carbocycles. The zero-order chi connectivity index (χ0) is 15.4. The third-order valence-electron chi connectivity index (χ3n) is 3.60. The minimum absolute atomic E-state index is 0.282. The van der Waals surface area contributed by atoms with Gasteiger partial charge in [0, 0.05) is 28.8 Å². The smallest absolute Gasteiger partial charge is 0.333 e. The van der Waals surface area contributed by atoms with Gasteiger partial charge in [0.1, 0.15) is 0 Å². The lowest BCUT2D eigenvalue weighted by Gasteiger charge is -2.19. The van der Waals surface area contributed by atoms with Crippen molar-refractivity contribution in [3.05, 3.63) is 51.5 Å². The average Bonchev–Trinajstić information content (AvgIpc) is 2.85. The molecular weight excluding hydrogens is 330 g/mol. The van der Waals surface area contributed by atoms with Gasteiger partial charge in [-0.05, 0) is 44.0 Å². The van der Waals surface area contributed by atoms with E-state index in [0.717, 1.165) is 24.0 Å². The number of esters is 1. The topological polar surface area (TPSA) is 29.5 Å². The van der Waals surface area contributed by atoms with Crippen molar-refractivity contribution >= 4 is 27.6 Å². The van der Waals surface area contributed by atoms with Gasteiger partial charge in [0.25, 0.3) is 0 Å². The molecule has 21 heavy (non-hydrogen) atoms. The number of halogens is 1. The summed E-state index contributed by atoms with van der Waals surface area (Å²) in [7, 11) is 1.40. The van der Waals surface area contributed by atoms with Crippen LogP contribution in [-0.4, -0.2) is 26.2 Å².